The minimum atomic E-state index is -0.636. The quantitative estimate of drug-likeness (QED) is 0.668. The number of rotatable bonds is 4. The first kappa shape index (κ1) is 15.0. The molecule has 2 aromatic heterocycles. The number of hydrogen-bond donors (Lipinski definition) is 1. The molecule has 2 heterocycles. The van der Waals surface area contributed by atoms with E-state index < -0.39 is 10.8 Å². The molecule has 0 aliphatic carbocycles. The van der Waals surface area contributed by atoms with Gasteiger partial charge in [-0.15, -0.1) is 0 Å². The summed E-state index contributed by atoms with van der Waals surface area (Å²) in [5.74, 6) is -0.636. The molecule has 112 valence electrons. The van der Waals surface area contributed by atoms with Gasteiger partial charge in [0.1, 0.15) is 5.69 Å². The number of hydrogen-bond acceptors (Lipinski definition) is 5. The summed E-state index contributed by atoms with van der Waals surface area (Å²) in [5.41, 5.74) is 0.383. The van der Waals surface area contributed by atoms with Crippen LogP contribution in [0.15, 0.2) is 6.20 Å². The zero-order chi connectivity index (χ0) is 15.7. The van der Waals surface area contributed by atoms with Crippen LogP contribution < -0.4 is 5.32 Å². The summed E-state index contributed by atoms with van der Waals surface area (Å²) < 4.78 is 2.81. The number of carbonyl (C=O) groups is 1. The normalized spacial score (nSPS) is 10.7. The summed E-state index contributed by atoms with van der Waals surface area (Å²) >= 11 is 5.92. The van der Waals surface area contributed by atoms with Crippen LogP contribution in [0.4, 0.5) is 5.69 Å². The Labute approximate surface area is 124 Å². The van der Waals surface area contributed by atoms with Crippen molar-refractivity contribution in [1.29, 1.82) is 0 Å². The van der Waals surface area contributed by atoms with Crippen molar-refractivity contribution in [3.05, 3.63) is 38.4 Å². The van der Waals surface area contributed by atoms with Gasteiger partial charge in [0.15, 0.2) is 0 Å². The smallest absolute Gasteiger partial charge is 0.322 e. The molecule has 0 radical (unpaired) electrons. The maximum Gasteiger partial charge on any atom is 0.322 e. The Morgan fingerprint density at radius 2 is 2.14 bits per heavy atom. The first-order chi connectivity index (χ1) is 9.82. The molecule has 0 unspecified atom stereocenters. The fourth-order valence-corrected chi connectivity index (χ4v) is 2.08. The summed E-state index contributed by atoms with van der Waals surface area (Å²) in [5, 5.41) is 21.8. The van der Waals surface area contributed by atoms with Crippen molar-refractivity contribution in [3.8, 4) is 0 Å². The Morgan fingerprint density at radius 3 is 2.67 bits per heavy atom. The Kier molecular flexibility index (Phi) is 3.94. The Morgan fingerprint density at radius 1 is 1.48 bits per heavy atom. The number of aryl methyl sites for hydroxylation is 2. The summed E-state index contributed by atoms with van der Waals surface area (Å²) in [6, 6.07) is 0. The van der Waals surface area contributed by atoms with Crippen LogP contribution in [0.3, 0.4) is 0 Å². The van der Waals surface area contributed by atoms with Crippen LogP contribution in [0.25, 0.3) is 0 Å². The van der Waals surface area contributed by atoms with Crippen LogP contribution in [0, 0.1) is 17.0 Å². The Bertz CT molecular complexity index is 700. The topological polar surface area (TPSA) is 108 Å². The van der Waals surface area contributed by atoms with Crippen LogP contribution in [0.5, 0.6) is 0 Å². The second kappa shape index (κ2) is 5.52. The van der Waals surface area contributed by atoms with Crippen molar-refractivity contribution in [3.63, 3.8) is 0 Å². The number of nitrogens with one attached hydrogen (secondary N) is 1. The van der Waals surface area contributed by atoms with Crippen LogP contribution in [-0.2, 0) is 20.6 Å². The fourth-order valence-electron chi connectivity index (χ4n) is 1.85. The molecule has 2 rings (SSSR count). The monoisotopic (exact) mass is 312 g/mol. The lowest BCUT2D eigenvalue weighted by Crippen LogP contribution is -2.25. The minimum Gasteiger partial charge on any atom is -0.345 e. The molecule has 21 heavy (non-hydrogen) atoms. The number of amides is 1. The molecule has 9 nitrogen and oxygen atoms in total. The minimum absolute atomic E-state index is 0.0982. The van der Waals surface area contributed by atoms with E-state index in [4.69, 9.17) is 11.6 Å². The van der Waals surface area contributed by atoms with Crippen molar-refractivity contribution in [2.45, 2.75) is 13.5 Å². The molecule has 0 saturated heterocycles. The molecule has 0 aromatic carbocycles. The number of halogens is 1. The highest BCUT2D eigenvalue weighted by Crippen LogP contribution is 2.22. The molecule has 1 N–H and O–H groups in total. The van der Waals surface area contributed by atoms with Gasteiger partial charge in [-0.25, -0.2) is 0 Å². The van der Waals surface area contributed by atoms with Crippen LogP contribution >= 0.6 is 11.6 Å². The van der Waals surface area contributed by atoms with Crippen LogP contribution in [-0.4, -0.2) is 30.4 Å². The molecule has 0 atom stereocenters. The largest absolute Gasteiger partial charge is 0.345 e. The van der Waals surface area contributed by atoms with E-state index in [9.17, 15) is 14.9 Å². The Hall–Kier alpha value is -2.42. The van der Waals surface area contributed by atoms with Crippen molar-refractivity contribution in [2.75, 3.05) is 0 Å². The number of nitrogens with zero attached hydrogens (tertiary/aromatic N) is 5. The van der Waals surface area contributed by atoms with Gasteiger partial charge < -0.3 is 5.32 Å². The maximum atomic E-state index is 12.1. The van der Waals surface area contributed by atoms with Gasteiger partial charge in [0.2, 0.25) is 5.69 Å². The van der Waals surface area contributed by atoms with Crippen molar-refractivity contribution >= 4 is 23.2 Å². The third-order valence-electron chi connectivity index (χ3n) is 3.13. The molecule has 0 saturated carbocycles. The summed E-state index contributed by atoms with van der Waals surface area (Å²) in [6.07, 6.45) is 1.45. The second-order valence-corrected chi connectivity index (χ2v) is 4.82. The van der Waals surface area contributed by atoms with Gasteiger partial charge in [-0.2, -0.15) is 10.2 Å². The Balaban J connectivity index is 2.22. The molecule has 1 amide bonds. The molecule has 0 bridgehead atoms. The molecule has 2 aromatic rings. The van der Waals surface area contributed by atoms with E-state index in [2.05, 4.69) is 15.5 Å². The highest BCUT2D eigenvalue weighted by atomic mass is 35.5. The van der Waals surface area contributed by atoms with Crippen LogP contribution in [0.1, 0.15) is 21.9 Å². The van der Waals surface area contributed by atoms with E-state index in [1.807, 2.05) is 0 Å². The van der Waals surface area contributed by atoms with Crippen molar-refractivity contribution < 1.29 is 9.72 Å². The predicted molar refractivity (Wildman–Crippen MR) is 74.0 cm³/mol. The van der Waals surface area contributed by atoms with Gasteiger partial charge >= 0.3 is 5.69 Å². The van der Waals surface area contributed by atoms with E-state index in [1.165, 1.54) is 29.5 Å². The van der Waals surface area contributed by atoms with E-state index in [0.717, 1.165) is 0 Å². The van der Waals surface area contributed by atoms with E-state index in [-0.39, 0.29) is 17.9 Å². The second-order valence-electron chi connectivity index (χ2n) is 4.41. The van der Waals surface area contributed by atoms with E-state index in [1.54, 1.807) is 7.05 Å². The van der Waals surface area contributed by atoms with Crippen molar-refractivity contribution in [2.24, 2.45) is 14.1 Å². The molecule has 0 spiro atoms. The zero-order valence-electron chi connectivity index (χ0n) is 11.6. The van der Waals surface area contributed by atoms with Crippen molar-refractivity contribution in [1.82, 2.24) is 24.9 Å². The maximum absolute atomic E-state index is 12.1. The molecule has 0 aliphatic rings. The average Bonchev–Trinajstić information content (AvgIpc) is 2.89. The van der Waals surface area contributed by atoms with Gasteiger partial charge in [0.05, 0.1) is 28.4 Å². The predicted octanol–water partition coefficient (Wildman–Crippen LogP) is 0.954. The number of carbonyl (C=O) groups excluding carboxylic acids is 1. The SMILES string of the molecule is Cc1c([N+](=O)[O-])c(C(=O)NCc2c(Cl)cnn2C)nn1C. The molecule has 0 aliphatic heterocycles. The molecule has 10 heteroatoms. The summed E-state index contributed by atoms with van der Waals surface area (Å²) in [6.45, 7) is 1.63. The third-order valence-corrected chi connectivity index (χ3v) is 3.44. The highest BCUT2D eigenvalue weighted by molar-refractivity contribution is 6.31. The third kappa shape index (κ3) is 2.72. The first-order valence-corrected chi connectivity index (χ1v) is 6.33. The van der Waals surface area contributed by atoms with Gasteiger partial charge in [-0.3, -0.25) is 24.3 Å². The molecular formula is C11H13ClN6O3. The van der Waals surface area contributed by atoms with Crippen LogP contribution in [0.2, 0.25) is 5.02 Å². The number of nitro groups is 1. The van der Waals surface area contributed by atoms with E-state index >= 15 is 0 Å². The highest BCUT2D eigenvalue weighted by Gasteiger charge is 2.28. The molecule has 0 fully saturated rings. The fraction of sp³-hybridized carbons (Fsp3) is 0.364. The first-order valence-electron chi connectivity index (χ1n) is 5.95. The van der Waals surface area contributed by atoms with Gasteiger partial charge in [-0.05, 0) is 6.92 Å². The lowest BCUT2D eigenvalue weighted by atomic mass is 10.3. The van der Waals surface area contributed by atoms with Gasteiger partial charge in [0.25, 0.3) is 5.91 Å². The average molecular weight is 313 g/mol. The number of aromatic nitrogens is 4. The molecular weight excluding hydrogens is 300 g/mol. The van der Waals surface area contributed by atoms with E-state index in [0.29, 0.717) is 16.4 Å². The zero-order valence-corrected chi connectivity index (χ0v) is 12.4. The lowest BCUT2D eigenvalue weighted by molar-refractivity contribution is -0.385. The van der Waals surface area contributed by atoms with Gasteiger partial charge in [0, 0.05) is 14.1 Å². The summed E-state index contributed by atoms with van der Waals surface area (Å²) in [4.78, 5) is 22.5. The lowest BCUT2D eigenvalue weighted by Gasteiger charge is -2.04. The van der Waals surface area contributed by atoms with Gasteiger partial charge in [-0.1, -0.05) is 11.6 Å². The summed E-state index contributed by atoms with van der Waals surface area (Å²) in [7, 11) is 3.22. The standard InChI is InChI=1S/C11H13ClN6O3/c1-6-10(18(20)21)9(15-16(6)2)11(19)13-5-8-7(12)4-14-17(8)3/h4H,5H2,1-3H3,(H,13,19).